The molecular weight excluding hydrogens is 382 g/mol. The van der Waals surface area contributed by atoms with Gasteiger partial charge in [-0.05, 0) is 93.5 Å². The van der Waals surface area contributed by atoms with Crippen molar-refractivity contribution >= 4 is 11.5 Å². The molecule has 8 atom stereocenters. The third kappa shape index (κ3) is 2.87. The molecule has 3 fully saturated rings. The van der Waals surface area contributed by atoms with E-state index < -0.39 is 0 Å². The van der Waals surface area contributed by atoms with Gasteiger partial charge in [-0.2, -0.15) is 0 Å². The van der Waals surface area contributed by atoms with Crippen molar-refractivity contribution < 1.29 is 9.53 Å². The fourth-order valence-corrected chi connectivity index (χ4v) is 8.76. The Kier molecular flexibility index (Phi) is 4.53. The molecule has 6 aliphatic rings. The molecule has 1 unspecified atom stereocenters. The Labute approximate surface area is 187 Å². The van der Waals surface area contributed by atoms with Crippen LogP contribution < -0.4 is 0 Å². The van der Waals surface area contributed by atoms with E-state index in [9.17, 15) is 4.79 Å². The van der Waals surface area contributed by atoms with Crippen LogP contribution in [-0.4, -0.2) is 29.7 Å². The Morgan fingerprint density at radius 2 is 2.00 bits per heavy atom. The summed E-state index contributed by atoms with van der Waals surface area (Å²) in [5, 5.41) is 0. The van der Waals surface area contributed by atoms with Gasteiger partial charge in [0.05, 0.1) is 11.7 Å². The topological polar surface area (TPSA) is 38.7 Å². The lowest BCUT2D eigenvalue weighted by Crippen LogP contribution is -2.41. The summed E-state index contributed by atoms with van der Waals surface area (Å²) in [6.45, 7) is 10.6. The van der Waals surface area contributed by atoms with Crippen LogP contribution >= 0.6 is 0 Å². The van der Waals surface area contributed by atoms with Crippen LogP contribution in [0.1, 0.15) is 85.5 Å². The van der Waals surface area contributed by atoms with Gasteiger partial charge in [-0.3, -0.25) is 9.79 Å². The van der Waals surface area contributed by atoms with Crippen LogP contribution in [0.5, 0.6) is 0 Å². The summed E-state index contributed by atoms with van der Waals surface area (Å²) in [7, 11) is 0. The molecular formula is C28H39NO2. The summed E-state index contributed by atoms with van der Waals surface area (Å²) >= 11 is 0. The summed E-state index contributed by atoms with van der Waals surface area (Å²) < 4.78 is 6.93. The average molecular weight is 422 g/mol. The number of carbonyl (C=O) groups excluding carboxylic acids is 1. The maximum atomic E-state index is 12.1. The van der Waals surface area contributed by atoms with Gasteiger partial charge in [0.25, 0.3) is 0 Å². The highest BCUT2D eigenvalue weighted by Crippen LogP contribution is 2.64. The molecule has 6 rings (SSSR count). The molecule has 3 nitrogen and oxygen atoms in total. The standard InChI is InChI=1S/C28H39NO2/c1-16-11-25-26(29-15-16)18(3)28(31-25)10-8-21-22-6-5-19-12-20(30)7-9-27(19,4)24(22)13-23(21)17(2)14-28/h12,16,18,21-22,24-25H,5-11,13-15H2,1-4H3/t16-,18+,21-,22?,24-,25+,27-,28-/m0/s1. The molecule has 168 valence electrons. The lowest BCUT2D eigenvalue weighted by atomic mass is 9.56. The second-order valence-electron chi connectivity index (χ2n) is 12.2. The number of ketones is 1. The van der Waals surface area contributed by atoms with Gasteiger partial charge in [0.2, 0.25) is 0 Å². The van der Waals surface area contributed by atoms with Crippen LogP contribution in [0.25, 0.3) is 0 Å². The first-order valence-corrected chi connectivity index (χ1v) is 13.0. The van der Waals surface area contributed by atoms with Gasteiger partial charge in [0, 0.05) is 24.6 Å². The van der Waals surface area contributed by atoms with Gasteiger partial charge in [-0.15, -0.1) is 0 Å². The molecule has 4 aliphatic carbocycles. The van der Waals surface area contributed by atoms with Crippen LogP contribution in [0.4, 0.5) is 0 Å². The van der Waals surface area contributed by atoms with Crippen LogP contribution in [-0.2, 0) is 9.53 Å². The van der Waals surface area contributed by atoms with Gasteiger partial charge in [-0.25, -0.2) is 0 Å². The van der Waals surface area contributed by atoms with E-state index in [0.29, 0.717) is 17.6 Å². The first kappa shape index (κ1) is 20.4. The van der Waals surface area contributed by atoms with Crippen molar-refractivity contribution in [3.8, 4) is 0 Å². The maximum Gasteiger partial charge on any atom is 0.155 e. The van der Waals surface area contributed by atoms with Crippen molar-refractivity contribution in [3.05, 3.63) is 22.8 Å². The lowest BCUT2D eigenvalue weighted by molar-refractivity contribution is -0.116. The second-order valence-corrected chi connectivity index (χ2v) is 12.2. The van der Waals surface area contributed by atoms with Gasteiger partial charge >= 0.3 is 0 Å². The summed E-state index contributed by atoms with van der Waals surface area (Å²) in [5.41, 5.74) is 6.47. The number of rotatable bonds is 0. The minimum atomic E-state index is -0.0225. The zero-order valence-corrected chi connectivity index (χ0v) is 19.9. The Morgan fingerprint density at radius 3 is 2.84 bits per heavy atom. The van der Waals surface area contributed by atoms with Crippen molar-refractivity contribution in [1.29, 1.82) is 0 Å². The second kappa shape index (κ2) is 6.89. The van der Waals surface area contributed by atoms with Gasteiger partial charge in [0.15, 0.2) is 5.78 Å². The van der Waals surface area contributed by atoms with Crippen LogP contribution in [0, 0.1) is 35.0 Å². The minimum Gasteiger partial charge on any atom is -0.365 e. The molecule has 3 heteroatoms. The Bertz CT molecular complexity index is 912. The van der Waals surface area contributed by atoms with E-state index in [1.807, 2.05) is 6.08 Å². The number of fused-ring (bicyclic) bond motifs is 6. The number of hydrogen-bond donors (Lipinski definition) is 0. The van der Waals surface area contributed by atoms with Gasteiger partial charge in [0.1, 0.15) is 0 Å². The van der Waals surface area contributed by atoms with Crippen molar-refractivity contribution in [1.82, 2.24) is 0 Å². The molecule has 0 aromatic carbocycles. The van der Waals surface area contributed by atoms with Crippen LogP contribution in [0.2, 0.25) is 0 Å². The summed E-state index contributed by atoms with van der Waals surface area (Å²) in [6.07, 6.45) is 12.5. The fraction of sp³-hybridized carbons (Fsp3) is 0.786. The fourth-order valence-electron chi connectivity index (χ4n) is 8.76. The van der Waals surface area contributed by atoms with Crippen molar-refractivity contribution in [2.75, 3.05) is 6.54 Å². The van der Waals surface area contributed by atoms with Crippen molar-refractivity contribution in [2.45, 2.75) is 97.2 Å². The van der Waals surface area contributed by atoms with E-state index in [1.54, 1.807) is 11.1 Å². The van der Waals surface area contributed by atoms with Crippen molar-refractivity contribution in [3.63, 3.8) is 0 Å². The predicted molar refractivity (Wildman–Crippen MR) is 124 cm³/mol. The Balaban J connectivity index is 1.31. The number of hydrogen-bond acceptors (Lipinski definition) is 3. The zero-order chi connectivity index (χ0) is 21.5. The number of carbonyl (C=O) groups is 1. The normalized spacial score (nSPS) is 49.1. The third-order valence-electron chi connectivity index (χ3n) is 10.6. The van der Waals surface area contributed by atoms with E-state index >= 15 is 0 Å². The maximum absolute atomic E-state index is 12.1. The first-order valence-electron chi connectivity index (χ1n) is 13.0. The van der Waals surface area contributed by atoms with Crippen molar-refractivity contribution in [2.24, 2.45) is 40.0 Å². The SMILES string of the molecule is CC1=C2C[C@H]3C(CCC4=CC(=O)CC[C@@]43C)[C@@H]2CC[C@@]2(C1)O[C@@H]1C[C@H](C)CN=C1[C@H]2C. The first-order chi connectivity index (χ1) is 14.8. The highest BCUT2D eigenvalue weighted by atomic mass is 16.5. The number of aliphatic imine (C=N–C) groups is 1. The molecule has 2 heterocycles. The molecule has 0 aromatic rings. The third-order valence-corrected chi connectivity index (χ3v) is 10.6. The highest BCUT2D eigenvalue weighted by Gasteiger charge is 2.57. The zero-order valence-electron chi connectivity index (χ0n) is 19.9. The molecule has 2 saturated carbocycles. The molecule has 0 N–H and O–H groups in total. The van der Waals surface area contributed by atoms with Crippen LogP contribution in [0.3, 0.4) is 0 Å². The van der Waals surface area contributed by atoms with Gasteiger partial charge < -0.3 is 4.74 Å². The Hall–Kier alpha value is -1.22. The summed E-state index contributed by atoms with van der Waals surface area (Å²) in [5.74, 6) is 3.74. The van der Waals surface area contributed by atoms with Crippen LogP contribution in [0.15, 0.2) is 27.8 Å². The summed E-state index contributed by atoms with van der Waals surface area (Å²) in [4.78, 5) is 17.1. The summed E-state index contributed by atoms with van der Waals surface area (Å²) in [6, 6.07) is 0. The largest absolute Gasteiger partial charge is 0.365 e. The van der Waals surface area contributed by atoms with E-state index in [0.717, 1.165) is 56.4 Å². The monoisotopic (exact) mass is 421 g/mol. The molecule has 0 bridgehead atoms. The average Bonchev–Trinajstić information content (AvgIpc) is 3.19. The van der Waals surface area contributed by atoms with E-state index in [4.69, 9.17) is 9.73 Å². The Morgan fingerprint density at radius 1 is 1.16 bits per heavy atom. The van der Waals surface area contributed by atoms with E-state index in [1.165, 1.54) is 37.0 Å². The molecule has 0 radical (unpaired) electrons. The minimum absolute atomic E-state index is 0.0225. The highest BCUT2D eigenvalue weighted by molar-refractivity contribution is 5.94. The van der Waals surface area contributed by atoms with E-state index in [-0.39, 0.29) is 17.1 Å². The molecule has 0 aromatic heterocycles. The molecule has 1 spiro atoms. The lowest BCUT2D eigenvalue weighted by Gasteiger charge is -2.48. The molecule has 2 aliphatic heterocycles. The number of ether oxygens (including phenoxy) is 1. The smallest absolute Gasteiger partial charge is 0.155 e. The van der Waals surface area contributed by atoms with Gasteiger partial charge in [-0.1, -0.05) is 37.5 Å². The van der Waals surface area contributed by atoms with E-state index in [2.05, 4.69) is 27.7 Å². The molecule has 31 heavy (non-hydrogen) atoms. The molecule has 0 amide bonds. The predicted octanol–water partition coefficient (Wildman–Crippen LogP) is 6.08. The number of nitrogens with zero attached hydrogens (tertiary/aromatic N) is 1. The molecule has 1 saturated heterocycles. The number of allylic oxidation sites excluding steroid dienone is 3. The quantitative estimate of drug-likeness (QED) is 0.444.